The topological polar surface area (TPSA) is 9.23 Å². The third-order valence-electron chi connectivity index (χ3n) is 3.04. The van der Waals surface area contributed by atoms with Crippen LogP contribution in [0, 0.1) is 0 Å². The van der Waals surface area contributed by atoms with E-state index in [1.54, 1.807) is 0 Å². The van der Waals surface area contributed by atoms with Crippen molar-refractivity contribution in [2.75, 3.05) is 0 Å². The standard InChI is InChI=1S/C16H11F3OS/c17-16(18,19)13-6-2-3-7-14(13)20-10-12-9-11-5-1-4-8-15(11)21-12/h1-9H,10H2. The Bertz CT molecular complexity index is 728. The molecule has 0 aliphatic carbocycles. The van der Waals surface area contributed by atoms with Gasteiger partial charge in [0.2, 0.25) is 0 Å². The zero-order valence-electron chi connectivity index (χ0n) is 10.9. The van der Waals surface area contributed by atoms with Crippen LogP contribution in [-0.4, -0.2) is 0 Å². The van der Waals surface area contributed by atoms with Gasteiger partial charge in [-0.3, -0.25) is 0 Å². The van der Waals surface area contributed by atoms with Crippen LogP contribution in [0.3, 0.4) is 0 Å². The highest BCUT2D eigenvalue weighted by molar-refractivity contribution is 7.19. The lowest BCUT2D eigenvalue weighted by molar-refractivity contribution is -0.139. The van der Waals surface area contributed by atoms with E-state index in [0.29, 0.717) is 0 Å². The fourth-order valence-corrected chi connectivity index (χ4v) is 3.06. The number of ether oxygens (including phenoxy) is 1. The first-order chi connectivity index (χ1) is 10.0. The molecule has 0 saturated carbocycles. The molecule has 0 N–H and O–H groups in total. The highest BCUT2D eigenvalue weighted by Crippen LogP contribution is 2.36. The van der Waals surface area contributed by atoms with Crippen LogP contribution in [0.15, 0.2) is 54.6 Å². The van der Waals surface area contributed by atoms with Gasteiger partial charge in [-0.2, -0.15) is 13.2 Å². The Hall–Kier alpha value is -2.01. The Balaban J connectivity index is 1.82. The summed E-state index contributed by atoms with van der Waals surface area (Å²) >= 11 is 1.52. The highest BCUT2D eigenvalue weighted by Gasteiger charge is 2.33. The Morgan fingerprint density at radius 2 is 1.67 bits per heavy atom. The zero-order chi connectivity index (χ0) is 14.9. The summed E-state index contributed by atoms with van der Waals surface area (Å²) in [6, 6.07) is 15.0. The summed E-state index contributed by atoms with van der Waals surface area (Å²) in [6.07, 6.45) is -4.41. The molecule has 21 heavy (non-hydrogen) atoms. The second kappa shape index (κ2) is 5.41. The van der Waals surface area contributed by atoms with Crippen molar-refractivity contribution in [1.82, 2.24) is 0 Å². The lowest BCUT2D eigenvalue weighted by atomic mass is 10.2. The van der Waals surface area contributed by atoms with E-state index in [0.717, 1.165) is 21.0 Å². The second-order valence-electron chi connectivity index (χ2n) is 4.53. The summed E-state index contributed by atoms with van der Waals surface area (Å²) in [6.45, 7) is 0.131. The molecular formula is C16H11F3OS. The third-order valence-corrected chi connectivity index (χ3v) is 4.13. The zero-order valence-corrected chi connectivity index (χ0v) is 11.7. The molecule has 0 aliphatic rings. The van der Waals surface area contributed by atoms with Gasteiger partial charge in [-0.05, 0) is 29.7 Å². The molecule has 0 atom stereocenters. The first-order valence-electron chi connectivity index (χ1n) is 6.30. The summed E-state index contributed by atoms with van der Waals surface area (Å²) in [7, 11) is 0. The highest BCUT2D eigenvalue weighted by atomic mass is 32.1. The number of rotatable bonds is 3. The molecule has 0 unspecified atom stereocenters. The quantitative estimate of drug-likeness (QED) is 0.621. The molecule has 1 nitrogen and oxygen atoms in total. The number of alkyl halides is 3. The maximum atomic E-state index is 12.9. The maximum absolute atomic E-state index is 12.9. The van der Waals surface area contributed by atoms with Crippen molar-refractivity contribution in [1.29, 1.82) is 0 Å². The van der Waals surface area contributed by atoms with Gasteiger partial charge in [-0.25, -0.2) is 0 Å². The maximum Gasteiger partial charge on any atom is 0.419 e. The normalized spacial score (nSPS) is 11.8. The van der Waals surface area contributed by atoms with Crippen LogP contribution in [0.1, 0.15) is 10.4 Å². The molecule has 108 valence electrons. The van der Waals surface area contributed by atoms with Crippen LogP contribution >= 0.6 is 11.3 Å². The number of fused-ring (bicyclic) bond motifs is 1. The Kier molecular flexibility index (Phi) is 3.59. The van der Waals surface area contributed by atoms with E-state index in [9.17, 15) is 13.2 Å². The number of thiophene rings is 1. The minimum Gasteiger partial charge on any atom is -0.487 e. The molecule has 3 rings (SSSR count). The van der Waals surface area contributed by atoms with Crippen molar-refractivity contribution in [2.45, 2.75) is 12.8 Å². The summed E-state index contributed by atoms with van der Waals surface area (Å²) in [5.74, 6) is -0.137. The second-order valence-corrected chi connectivity index (χ2v) is 5.70. The van der Waals surface area contributed by atoms with Gasteiger partial charge >= 0.3 is 6.18 Å². The Morgan fingerprint density at radius 3 is 2.43 bits per heavy atom. The Morgan fingerprint density at radius 1 is 0.952 bits per heavy atom. The van der Waals surface area contributed by atoms with E-state index in [2.05, 4.69) is 0 Å². The lowest BCUT2D eigenvalue weighted by Crippen LogP contribution is -2.08. The van der Waals surface area contributed by atoms with E-state index in [4.69, 9.17) is 4.74 Å². The number of halogens is 3. The van der Waals surface area contributed by atoms with E-state index in [1.165, 1.54) is 29.5 Å². The molecule has 5 heteroatoms. The van der Waals surface area contributed by atoms with Gasteiger partial charge in [-0.15, -0.1) is 11.3 Å². The van der Waals surface area contributed by atoms with Crippen molar-refractivity contribution in [3.63, 3.8) is 0 Å². The van der Waals surface area contributed by atoms with E-state index < -0.39 is 11.7 Å². The number of benzene rings is 2. The van der Waals surface area contributed by atoms with Gasteiger partial charge in [-0.1, -0.05) is 30.3 Å². The minimum absolute atomic E-state index is 0.131. The average molecular weight is 308 g/mol. The number of para-hydroxylation sites is 1. The van der Waals surface area contributed by atoms with Crippen molar-refractivity contribution >= 4 is 21.4 Å². The minimum atomic E-state index is -4.41. The average Bonchev–Trinajstić information content (AvgIpc) is 2.87. The van der Waals surface area contributed by atoms with Crippen molar-refractivity contribution < 1.29 is 17.9 Å². The van der Waals surface area contributed by atoms with Crippen LogP contribution < -0.4 is 4.74 Å². The molecular weight excluding hydrogens is 297 g/mol. The summed E-state index contributed by atoms with van der Waals surface area (Å²) < 4.78 is 45.1. The van der Waals surface area contributed by atoms with E-state index in [-0.39, 0.29) is 12.4 Å². The number of hydrogen-bond donors (Lipinski definition) is 0. The lowest BCUT2D eigenvalue weighted by Gasteiger charge is -2.12. The predicted octanol–water partition coefficient (Wildman–Crippen LogP) is 5.50. The van der Waals surface area contributed by atoms with Crippen LogP contribution in [0.2, 0.25) is 0 Å². The van der Waals surface area contributed by atoms with Crippen molar-refractivity contribution in [3.8, 4) is 5.75 Å². The predicted molar refractivity (Wildman–Crippen MR) is 77.6 cm³/mol. The van der Waals surface area contributed by atoms with E-state index >= 15 is 0 Å². The SMILES string of the molecule is FC(F)(F)c1ccccc1OCc1cc2ccccc2s1. The molecule has 0 saturated heterocycles. The molecule has 0 fully saturated rings. The molecule has 0 radical (unpaired) electrons. The van der Waals surface area contributed by atoms with Crippen LogP contribution in [0.4, 0.5) is 13.2 Å². The van der Waals surface area contributed by atoms with Gasteiger partial charge < -0.3 is 4.74 Å². The summed E-state index contributed by atoms with van der Waals surface area (Å²) in [4.78, 5) is 0.896. The molecule has 0 spiro atoms. The first-order valence-corrected chi connectivity index (χ1v) is 7.12. The molecule has 0 amide bonds. The summed E-state index contributed by atoms with van der Waals surface area (Å²) in [5, 5.41) is 1.07. The number of hydrogen-bond acceptors (Lipinski definition) is 2. The third kappa shape index (κ3) is 3.03. The molecule has 1 aromatic heterocycles. The molecule has 2 aromatic carbocycles. The summed E-state index contributed by atoms with van der Waals surface area (Å²) in [5.41, 5.74) is -0.744. The van der Waals surface area contributed by atoms with Gasteiger partial charge in [0.25, 0.3) is 0 Å². The van der Waals surface area contributed by atoms with E-state index in [1.807, 2.05) is 30.3 Å². The van der Waals surface area contributed by atoms with Crippen molar-refractivity contribution in [2.24, 2.45) is 0 Å². The first kappa shape index (κ1) is 13.9. The largest absolute Gasteiger partial charge is 0.487 e. The Labute approximate surface area is 123 Å². The van der Waals surface area contributed by atoms with Gasteiger partial charge in [0.15, 0.2) is 0 Å². The van der Waals surface area contributed by atoms with Crippen LogP contribution in [0.25, 0.3) is 10.1 Å². The fourth-order valence-electron chi connectivity index (χ4n) is 2.08. The fraction of sp³-hybridized carbons (Fsp3) is 0.125. The van der Waals surface area contributed by atoms with Gasteiger partial charge in [0.05, 0.1) is 5.56 Å². The molecule has 0 bridgehead atoms. The van der Waals surface area contributed by atoms with Gasteiger partial charge in [0.1, 0.15) is 12.4 Å². The molecule has 0 aliphatic heterocycles. The van der Waals surface area contributed by atoms with Gasteiger partial charge in [0, 0.05) is 9.58 Å². The smallest absolute Gasteiger partial charge is 0.419 e. The molecule has 3 aromatic rings. The van der Waals surface area contributed by atoms with Crippen LogP contribution in [-0.2, 0) is 12.8 Å². The van der Waals surface area contributed by atoms with Crippen molar-refractivity contribution in [3.05, 3.63) is 65.0 Å². The monoisotopic (exact) mass is 308 g/mol. The molecule has 1 heterocycles. The van der Waals surface area contributed by atoms with Crippen LogP contribution in [0.5, 0.6) is 5.75 Å².